The number of nitrogens with one attached hydrogen (secondary N) is 2. The topological polar surface area (TPSA) is 107 Å². The Labute approximate surface area is 242 Å². The molecule has 1 atom stereocenters. The number of benzene rings is 4. The van der Waals surface area contributed by atoms with E-state index in [1.807, 2.05) is 86.6 Å². The highest BCUT2D eigenvalue weighted by atomic mass is 16.6. The Hall–Kier alpha value is -5.37. The summed E-state index contributed by atoms with van der Waals surface area (Å²) in [5.41, 5.74) is 2.31. The molecule has 8 heteroatoms. The van der Waals surface area contributed by atoms with Gasteiger partial charge in [-0.05, 0) is 67.9 Å². The zero-order valence-electron chi connectivity index (χ0n) is 23.2. The van der Waals surface area contributed by atoms with Crippen molar-refractivity contribution in [3.05, 3.63) is 137 Å². The molecule has 0 saturated heterocycles. The van der Waals surface area contributed by atoms with Gasteiger partial charge < -0.3 is 24.5 Å². The van der Waals surface area contributed by atoms with Crippen LogP contribution in [-0.4, -0.2) is 23.7 Å². The van der Waals surface area contributed by atoms with Crippen molar-refractivity contribution in [3.8, 4) is 5.75 Å². The number of fused-ring (bicyclic) bond motifs is 2. The number of hydrogen-bond acceptors (Lipinski definition) is 6. The van der Waals surface area contributed by atoms with E-state index in [-0.39, 0.29) is 18.1 Å². The molecular weight excluding hydrogens is 532 g/mol. The number of rotatable bonds is 5. The molecule has 0 spiro atoms. The van der Waals surface area contributed by atoms with E-state index in [9.17, 15) is 14.4 Å². The lowest BCUT2D eigenvalue weighted by Gasteiger charge is -2.30. The van der Waals surface area contributed by atoms with Gasteiger partial charge in [0.25, 0.3) is 0 Å². The summed E-state index contributed by atoms with van der Waals surface area (Å²) in [7, 11) is 0. The number of esters is 1. The number of anilines is 2. The van der Waals surface area contributed by atoms with Gasteiger partial charge in [0.15, 0.2) is 0 Å². The van der Waals surface area contributed by atoms with E-state index >= 15 is 0 Å². The fraction of sp³-hybridized carbons (Fsp3) is 0.147. The van der Waals surface area contributed by atoms with E-state index in [1.54, 1.807) is 36.4 Å². The van der Waals surface area contributed by atoms with Gasteiger partial charge in [-0.15, -0.1) is 0 Å². The van der Waals surface area contributed by atoms with Crippen LogP contribution in [0.2, 0.25) is 0 Å². The maximum atomic E-state index is 12.4. The third-order valence-electron chi connectivity index (χ3n) is 6.68. The molecule has 2 heterocycles. The van der Waals surface area contributed by atoms with E-state index in [4.69, 9.17) is 13.9 Å². The number of amides is 2. The molecule has 1 unspecified atom stereocenters. The summed E-state index contributed by atoms with van der Waals surface area (Å²) in [6.45, 7) is 3.68. The smallest absolute Gasteiger partial charge is 0.338 e. The first-order chi connectivity index (χ1) is 20.3. The highest BCUT2D eigenvalue weighted by molar-refractivity contribution is 5.99. The predicted octanol–water partition coefficient (Wildman–Crippen LogP) is 7.06. The molecule has 2 N–H and O–H groups in total. The molecule has 6 rings (SSSR count). The van der Waals surface area contributed by atoms with Gasteiger partial charge in [0.2, 0.25) is 0 Å². The van der Waals surface area contributed by atoms with Gasteiger partial charge in [0.1, 0.15) is 23.0 Å². The lowest BCUT2D eigenvalue weighted by Crippen LogP contribution is -2.43. The van der Waals surface area contributed by atoms with Crippen LogP contribution < -0.4 is 21.0 Å². The van der Waals surface area contributed by atoms with Gasteiger partial charge in [-0.25, -0.2) is 14.4 Å². The number of hydrogen-bond donors (Lipinski definition) is 2. The van der Waals surface area contributed by atoms with Crippen LogP contribution in [0.4, 0.5) is 16.2 Å². The van der Waals surface area contributed by atoms with Gasteiger partial charge in [-0.3, -0.25) is 0 Å². The zero-order valence-corrected chi connectivity index (χ0v) is 23.2. The largest absolute Gasteiger partial charge is 0.485 e. The summed E-state index contributed by atoms with van der Waals surface area (Å²) in [4.78, 5) is 35.3. The van der Waals surface area contributed by atoms with Gasteiger partial charge in [0.05, 0.1) is 5.56 Å². The SMILES string of the molecule is CC(C)(OC(=O)c1ccccc1)C1Cc2cc3ccc(=O)oc3cc2O1.O=C(Nc1ccccc1)Nc1ccccc1. The first-order valence-electron chi connectivity index (χ1n) is 13.5. The Morgan fingerprint density at radius 1 is 0.786 bits per heavy atom. The molecule has 0 fully saturated rings. The third-order valence-corrected chi connectivity index (χ3v) is 6.68. The fourth-order valence-electron chi connectivity index (χ4n) is 4.47. The number of urea groups is 1. The van der Waals surface area contributed by atoms with Crippen molar-refractivity contribution in [2.24, 2.45) is 0 Å². The average Bonchev–Trinajstić information content (AvgIpc) is 3.41. The Morgan fingerprint density at radius 2 is 1.36 bits per heavy atom. The second-order valence-electron chi connectivity index (χ2n) is 10.2. The van der Waals surface area contributed by atoms with Gasteiger partial charge in [-0.2, -0.15) is 0 Å². The summed E-state index contributed by atoms with van der Waals surface area (Å²) in [5, 5.41) is 6.32. The second kappa shape index (κ2) is 12.4. The molecule has 4 aromatic carbocycles. The minimum absolute atomic E-state index is 0.239. The first-order valence-corrected chi connectivity index (χ1v) is 13.5. The lowest BCUT2D eigenvalue weighted by atomic mass is 9.96. The van der Waals surface area contributed by atoms with Crippen molar-refractivity contribution < 1.29 is 23.5 Å². The first kappa shape index (κ1) is 28.2. The molecule has 8 nitrogen and oxygen atoms in total. The van der Waals surface area contributed by atoms with Crippen LogP contribution in [0.1, 0.15) is 29.8 Å². The van der Waals surface area contributed by atoms with E-state index in [0.717, 1.165) is 22.3 Å². The fourth-order valence-corrected chi connectivity index (χ4v) is 4.47. The molecule has 42 heavy (non-hydrogen) atoms. The summed E-state index contributed by atoms with van der Waals surface area (Å²) >= 11 is 0. The maximum Gasteiger partial charge on any atom is 0.338 e. The second-order valence-corrected chi connectivity index (χ2v) is 10.2. The van der Waals surface area contributed by atoms with Crippen molar-refractivity contribution in [2.45, 2.75) is 32.0 Å². The minimum atomic E-state index is -0.820. The van der Waals surface area contributed by atoms with E-state index < -0.39 is 11.2 Å². The Bertz CT molecular complexity index is 1690. The molecule has 0 aliphatic carbocycles. The van der Waals surface area contributed by atoms with Crippen molar-refractivity contribution in [1.82, 2.24) is 0 Å². The van der Waals surface area contributed by atoms with Crippen LogP contribution in [0.3, 0.4) is 0 Å². The highest BCUT2D eigenvalue weighted by Crippen LogP contribution is 2.37. The molecular formula is C34H30N2O6. The molecule has 2 amide bonds. The van der Waals surface area contributed by atoms with Crippen LogP contribution >= 0.6 is 0 Å². The summed E-state index contributed by atoms with van der Waals surface area (Å²) in [6.07, 6.45) is 0.285. The summed E-state index contributed by atoms with van der Waals surface area (Å²) < 4.78 is 16.9. The summed E-state index contributed by atoms with van der Waals surface area (Å²) in [6, 6.07) is 34.1. The van der Waals surface area contributed by atoms with Crippen LogP contribution in [0.15, 0.2) is 124 Å². The molecule has 1 aromatic heterocycles. The molecule has 0 bridgehead atoms. The van der Waals surface area contributed by atoms with Crippen LogP contribution in [-0.2, 0) is 11.2 Å². The molecule has 0 saturated carbocycles. The van der Waals surface area contributed by atoms with E-state index in [0.29, 0.717) is 23.3 Å². The molecule has 1 aliphatic heterocycles. The van der Waals surface area contributed by atoms with E-state index in [1.165, 1.54) is 6.07 Å². The molecule has 1 aliphatic rings. The molecule has 5 aromatic rings. The van der Waals surface area contributed by atoms with Crippen molar-refractivity contribution >= 4 is 34.3 Å². The highest BCUT2D eigenvalue weighted by Gasteiger charge is 2.40. The number of carbonyl (C=O) groups is 2. The number of para-hydroxylation sites is 2. The summed E-state index contributed by atoms with van der Waals surface area (Å²) in [5.74, 6) is 0.270. The normalized spacial score (nSPS) is 13.6. The third kappa shape index (κ3) is 7.03. The number of carbonyl (C=O) groups excluding carboxylic acids is 2. The average molecular weight is 563 g/mol. The monoisotopic (exact) mass is 562 g/mol. The van der Waals surface area contributed by atoms with Crippen molar-refractivity contribution in [3.63, 3.8) is 0 Å². The standard InChI is InChI=1S/C21H18O5.C13H12N2O/c1-21(2,26-20(23)13-6-4-3-5-7-13)18-11-15-10-14-8-9-19(22)25-16(14)12-17(15)24-18;16-13(14-11-7-3-1-4-8-11)15-12-9-5-2-6-10-12/h3-10,12,18H,11H2,1-2H3;1-10H,(H2,14,15,16). The van der Waals surface area contributed by atoms with E-state index in [2.05, 4.69) is 10.6 Å². The van der Waals surface area contributed by atoms with Gasteiger partial charge in [0, 0.05) is 35.3 Å². The van der Waals surface area contributed by atoms with Gasteiger partial charge >= 0.3 is 17.6 Å². The van der Waals surface area contributed by atoms with Crippen LogP contribution in [0, 0.1) is 0 Å². The minimum Gasteiger partial charge on any atom is -0.485 e. The Balaban J connectivity index is 0.000000189. The molecule has 0 radical (unpaired) electrons. The Morgan fingerprint density at radius 3 is 1.95 bits per heavy atom. The zero-order chi connectivity index (χ0) is 29.5. The van der Waals surface area contributed by atoms with Crippen molar-refractivity contribution in [2.75, 3.05) is 10.6 Å². The number of ether oxygens (including phenoxy) is 2. The van der Waals surface area contributed by atoms with Crippen LogP contribution in [0.5, 0.6) is 5.75 Å². The quantitative estimate of drug-likeness (QED) is 0.175. The Kier molecular flexibility index (Phi) is 8.34. The van der Waals surface area contributed by atoms with Gasteiger partial charge in [-0.1, -0.05) is 54.6 Å². The predicted molar refractivity (Wildman–Crippen MR) is 162 cm³/mol. The molecule has 212 valence electrons. The van der Waals surface area contributed by atoms with Crippen LogP contribution in [0.25, 0.3) is 11.0 Å². The lowest BCUT2D eigenvalue weighted by molar-refractivity contribution is -0.0517. The van der Waals surface area contributed by atoms with Crippen molar-refractivity contribution in [1.29, 1.82) is 0 Å². The maximum absolute atomic E-state index is 12.4.